The number of rotatable bonds is 4. The quantitative estimate of drug-likeness (QED) is 0.927. The lowest BCUT2D eigenvalue weighted by atomic mass is 10.2. The molecular weight excluding hydrogens is 322 g/mol. The highest BCUT2D eigenvalue weighted by Gasteiger charge is 2.08. The maximum atomic E-state index is 12.3. The van der Waals surface area contributed by atoms with Crippen LogP contribution in [0, 0.1) is 5.92 Å². The van der Waals surface area contributed by atoms with E-state index in [0.717, 1.165) is 4.47 Å². The first-order valence-corrected chi connectivity index (χ1v) is 7.18. The molecule has 106 valence electrons. The third kappa shape index (κ3) is 3.45. The normalized spacial score (nSPS) is 11.0. The van der Waals surface area contributed by atoms with Gasteiger partial charge in [0.25, 0.3) is 5.56 Å². The number of hydrogen-bond donors (Lipinski definition) is 1. The van der Waals surface area contributed by atoms with E-state index in [0.29, 0.717) is 23.4 Å². The van der Waals surface area contributed by atoms with Crippen LogP contribution < -0.4 is 10.9 Å². The number of nitrogens with one attached hydrogen (secondary N) is 1. The molecule has 5 nitrogen and oxygen atoms in total. The zero-order valence-electron chi connectivity index (χ0n) is 11.4. The summed E-state index contributed by atoms with van der Waals surface area (Å²) in [5.74, 6) is 0.193. The Balaban J connectivity index is 2.25. The van der Waals surface area contributed by atoms with Crippen LogP contribution in [0.1, 0.15) is 13.8 Å². The number of fused-ring (bicyclic) bond motifs is 1. The lowest BCUT2D eigenvalue weighted by Gasteiger charge is -2.09. The molecule has 1 amide bonds. The summed E-state index contributed by atoms with van der Waals surface area (Å²) in [6.07, 6.45) is 1.41. The molecule has 2 aromatic rings. The van der Waals surface area contributed by atoms with Gasteiger partial charge in [0.2, 0.25) is 5.91 Å². The number of carbonyl (C=O) groups is 1. The van der Waals surface area contributed by atoms with E-state index in [-0.39, 0.29) is 18.0 Å². The summed E-state index contributed by atoms with van der Waals surface area (Å²) in [4.78, 5) is 28.2. The smallest absolute Gasteiger partial charge is 0.261 e. The Labute approximate surface area is 125 Å². The highest BCUT2D eigenvalue weighted by atomic mass is 79.9. The zero-order valence-corrected chi connectivity index (χ0v) is 13.0. The molecule has 1 aromatic carbocycles. The molecule has 0 fully saturated rings. The Morgan fingerprint density at radius 2 is 2.20 bits per heavy atom. The molecule has 0 aliphatic heterocycles. The molecule has 0 saturated carbocycles. The van der Waals surface area contributed by atoms with Crippen LogP contribution in [0.2, 0.25) is 0 Å². The molecule has 0 atom stereocenters. The molecule has 0 spiro atoms. The fourth-order valence-electron chi connectivity index (χ4n) is 1.77. The molecule has 6 heteroatoms. The van der Waals surface area contributed by atoms with Crippen molar-refractivity contribution in [3.63, 3.8) is 0 Å². The predicted molar refractivity (Wildman–Crippen MR) is 81.6 cm³/mol. The van der Waals surface area contributed by atoms with Crippen molar-refractivity contribution in [2.24, 2.45) is 5.92 Å². The van der Waals surface area contributed by atoms with Crippen LogP contribution in [-0.2, 0) is 11.3 Å². The first-order valence-electron chi connectivity index (χ1n) is 6.39. The molecule has 0 bridgehead atoms. The summed E-state index contributed by atoms with van der Waals surface area (Å²) in [6.45, 7) is 4.62. The minimum absolute atomic E-state index is 0.0129. The van der Waals surface area contributed by atoms with Gasteiger partial charge in [-0.1, -0.05) is 29.8 Å². The monoisotopic (exact) mass is 337 g/mol. The molecule has 20 heavy (non-hydrogen) atoms. The maximum Gasteiger partial charge on any atom is 0.261 e. The Kier molecular flexibility index (Phi) is 4.54. The summed E-state index contributed by atoms with van der Waals surface area (Å²) in [5.41, 5.74) is 0.410. The standard InChI is InChI=1S/C14H16BrN3O2/c1-9(2)6-16-13(19)7-18-8-17-12-4-3-10(15)5-11(12)14(18)20/h3-5,8-9H,6-7H2,1-2H3,(H,16,19). The largest absolute Gasteiger partial charge is 0.354 e. The third-order valence-corrected chi connectivity index (χ3v) is 3.30. The van der Waals surface area contributed by atoms with Gasteiger partial charge in [0.05, 0.1) is 17.2 Å². The van der Waals surface area contributed by atoms with Gasteiger partial charge in [0.1, 0.15) is 6.54 Å². The summed E-state index contributed by atoms with van der Waals surface area (Å²) >= 11 is 3.33. The Morgan fingerprint density at radius 1 is 1.45 bits per heavy atom. The van der Waals surface area contributed by atoms with E-state index >= 15 is 0 Å². The average molecular weight is 338 g/mol. The topological polar surface area (TPSA) is 64.0 Å². The van der Waals surface area contributed by atoms with Crippen LogP contribution in [-0.4, -0.2) is 22.0 Å². The second-order valence-electron chi connectivity index (χ2n) is 5.04. The molecule has 1 aromatic heterocycles. The van der Waals surface area contributed by atoms with E-state index in [2.05, 4.69) is 26.2 Å². The van der Waals surface area contributed by atoms with Crippen molar-refractivity contribution in [3.8, 4) is 0 Å². The number of hydrogen-bond acceptors (Lipinski definition) is 3. The van der Waals surface area contributed by atoms with Gasteiger partial charge in [-0.25, -0.2) is 4.98 Å². The summed E-state index contributed by atoms with van der Waals surface area (Å²) in [7, 11) is 0. The number of aromatic nitrogens is 2. The van der Waals surface area contributed by atoms with Crippen molar-refractivity contribution in [2.45, 2.75) is 20.4 Å². The second kappa shape index (κ2) is 6.17. The molecule has 2 rings (SSSR count). The van der Waals surface area contributed by atoms with E-state index in [4.69, 9.17) is 0 Å². The van der Waals surface area contributed by atoms with E-state index < -0.39 is 0 Å². The predicted octanol–water partition coefficient (Wildman–Crippen LogP) is 1.93. The molecular formula is C14H16BrN3O2. The molecule has 0 saturated heterocycles. The Hall–Kier alpha value is -1.69. The summed E-state index contributed by atoms with van der Waals surface area (Å²) in [6, 6.07) is 5.31. The van der Waals surface area contributed by atoms with Crippen LogP contribution in [0.3, 0.4) is 0 Å². The first kappa shape index (κ1) is 14.7. The van der Waals surface area contributed by atoms with Gasteiger partial charge >= 0.3 is 0 Å². The molecule has 1 N–H and O–H groups in total. The fourth-order valence-corrected chi connectivity index (χ4v) is 2.13. The number of halogens is 1. The first-order chi connectivity index (χ1) is 9.47. The summed E-state index contributed by atoms with van der Waals surface area (Å²) < 4.78 is 2.13. The van der Waals surface area contributed by atoms with Crippen molar-refractivity contribution in [3.05, 3.63) is 39.4 Å². The lowest BCUT2D eigenvalue weighted by molar-refractivity contribution is -0.121. The van der Waals surface area contributed by atoms with E-state index in [1.165, 1.54) is 10.9 Å². The van der Waals surface area contributed by atoms with Gasteiger partial charge in [0.15, 0.2) is 0 Å². The van der Waals surface area contributed by atoms with Crippen molar-refractivity contribution < 1.29 is 4.79 Å². The van der Waals surface area contributed by atoms with Crippen molar-refractivity contribution >= 4 is 32.7 Å². The molecule has 0 aliphatic carbocycles. The van der Waals surface area contributed by atoms with Crippen LogP contribution in [0.25, 0.3) is 10.9 Å². The minimum Gasteiger partial charge on any atom is -0.354 e. The highest BCUT2D eigenvalue weighted by molar-refractivity contribution is 9.10. The van der Waals surface area contributed by atoms with Gasteiger partial charge in [-0.2, -0.15) is 0 Å². The Bertz CT molecular complexity index is 694. The van der Waals surface area contributed by atoms with Crippen molar-refractivity contribution in [2.75, 3.05) is 6.54 Å². The second-order valence-corrected chi connectivity index (χ2v) is 5.95. The van der Waals surface area contributed by atoms with Crippen LogP contribution in [0.15, 0.2) is 33.8 Å². The van der Waals surface area contributed by atoms with E-state index in [9.17, 15) is 9.59 Å². The van der Waals surface area contributed by atoms with Gasteiger partial charge in [-0.05, 0) is 24.1 Å². The van der Waals surface area contributed by atoms with Crippen LogP contribution in [0.4, 0.5) is 0 Å². The lowest BCUT2D eigenvalue weighted by Crippen LogP contribution is -2.34. The third-order valence-electron chi connectivity index (χ3n) is 2.81. The molecule has 0 unspecified atom stereocenters. The highest BCUT2D eigenvalue weighted by Crippen LogP contribution is 2.14. The maximum absolute atomic E-state index is 12.3. The van der Waals surface area contributed by atoms with Gasteiger partial charge < -0.3 is 5.32 Å². The summed E-state index contributed by atoms with van der Waals surface area (Å²) in [5, 5.41) is 3.28. The Morgan fingerprint density at radius 3 is 2.90 bits per heavy atom. The SMILES string of the molecule is CC(C)CNC(=O)Cn1cnc2ccc(Br)cc2c1=O. The number of benzene rings is 1. The van der Waals surface area contributed by atoms with Crippen molar-refractivity contribution in [1.82, 2.24) is 14.9 Å². The molecule has 0 aliphatic rings. The zero-order chi connectivity index (χ0) is 14.7. The van der Waals surface area contributed by atoms with Crippen LogP contribution in [0.5, 0.6) is 0 Å². The van der Waals surface area contributed by atoms with Crippen LogP contribution >= 0.6 is 15.9 Å². The van der Waals surface area contributed by atoms with E-state index in [1.54, 1.807) is 12.1 Å². The number of nitrogens with zero attached hydrogens (tertiary/aromatic N) is 2. The van der Waals surface area contributed by atoms with Gasteiger partial charge in [-0.3, -0.25) is 14.2 Å². The fraction of sp³-hybridized carbons (Fsp3) is 0.357. The average Bonchev–Trinajstić information content (AvgIpc) is 2.40. The van der Waals surface area contributed by atoms with E-state index in [1.807, 2.05) is 19.9 Å². The minimum atomic E-state index is -0.212. The molecule has 0 radical (unpaired) electrons. The van der Waals surface area contributed by atoms with Gasteiger partial charge in [-0.15, -0.1) is 0 Å². The van der Waals surface area contributed by atoms with Crippen molar-refractivity contribution in [1.29, 1.82) is 0 Å². The number of carbonyl (C=O) groups excluding carboxylic acids is 1. The molecule has 1 heterocycles. The van der Waals surface area contributed by atoms with Gasteiger partial charge in [0, 0.05) is 11.0 Å². The number of amides is 1.